The molecule has 0 radical (unpaired) electrons. The number of benzene rings is 4. The number of halogens is 2. The van der Waals surface area contributed by atoms with Crippen molar-refractivity contribution in [2.75, 3.05) is 76.1 Å². The van der Waals surface area contributed by atoms with Crippen LogP contribution in [0.3, 0.4) is 0 Å². The molecule has 12 nitrogen and oxygen atoms in total. The van der Waals surface area contributed by atoms with Gasteiger partial charge in [0.1, 0.15) is 0 Å². The number of morpholine rings is 2. The van der Waals surface area contributed by atoms with Crippen molar-refractivity contribution < 1.29 is 33.4 Å². The number of hydrogen-bond acceptors (Lipinski definition) is 8. The standard InChI is InChI=1S/C20H22ClN3O3.C20H21ClN2O4/c21-18-12-15(19(25)13-22)6-7-16(18)14-24(17-4-2-1-3-5-17)20(26)23-8-10-27-11-9-23;1-26-19(24)15-7-8-16(18(21)13-15)14-23(17-5-3-2-4-6-17)20(25)22-9-11-27-12-10-22/h1-7,12H,8-11,13-14,22H2;2-8,13H,9-12,14H2,1H3. The van der Waals surface area contributed by atoms with E-state index in [1.54, 1.807) is 56.0 Å². The summed E-state index contributed by atoms with van der Waals surface area (Å²) in [4.78, 5) is 56.6. The maximum Gasteiger partial charge on any atom is 0.337 e. The molecule has 2 fully saturated rings. The van der Waals surface area contributed by atoms with Crippen molar-refractivity contribution in [2.24, 2.45) is 5.73 Å². The van der Waals surface area contributed by atoms with Crippen molar-refractivity contribution in [1.82, 2.24) is 9.80 Å². The van der Waals surface area contributed by atoms with Crippen molar-refractivity contribution in [1.29, 1.82) is 0 Å². The minimum absolute atomic E-state index is 0.0681. The second kappa shape index (κ2) is 19.9. The Labute approximate surface area is 324 Å². The topological polar surface area (TPSA) is 135 Å². The second-order valence-electron chi connectivity index (χ2n) is 12.3. The third-order valence-corrected chi connectivity index (χ3v) is 9.56. The van der Waals surface area contributed by atoms with Crippen molar-refractivity contribution >= 4 is 58.4 Å². The van der Waals surface area contributed by atoms with E-state index < -0.39 is 5.97 Å². The minimum Gasteiger partial charge on any atom is -0.465 e. The van der Waals surface area contributed by atoms with Crippen LogP contribution in [0.4, 0.5) is 21.0 Å². The lowest BCUT2D eigenvalue weighted by molar-refractivity contribution is 0.0548. The molecule has 2 heterocycles. The molecule has 6 rings (SSSR count). The van der Waals surface area contributed by atoms with Crippen LogP contribution in [0.25, 0.3) is 0 Å². The summed E-state index contributed by atoms with van der Waals surface area (Å²) in [6, 6.07) is 28.7. The Kier molecular flexibility index (Phi) is 14.8. The van der Waals surface area contributed by atoms with Gasteiger partial charge in [-0.1, -0.05) is 77.8 Å². The van der Waals surface area contributed by atoms with Gasteiger partial charge in [0.05, 0.1) is 58.7 Å². The third kappa shape index (κ3) is 10.6. The van der Waals surface area contributed by atoms with Crippen molar-refractivity contribution in [3.63, 3.8) is 0 Å². The summed E-state index contributed by atoms with van der Waals surface area (Å²) in [5, 5.41) is 0.846. The first-order valence-corrected chi connectivity index (χ1v) is 18.2. The number of para-hydroxylation sites is 2. The van der Waals surface area contributed by atoms with E-state index in [9.17, 15) is 19.2 Å². The Balaban J connectivity index is 0.000000208. The number of carbonyl (C=O) groups excluding carboxylic acids is 4. The van der Waals surface area contributed by atoms with Crippen LogP contribution in [0.2, 0.25) is 10.0 Å². The predicted molar refractivity (Wildman–Crippen MR) is 208 cm³/mol. The first kappa shape index (κ1) is 40.2. The molecule has 0 saturated carbocycles. The number of nitrogens with zero attached hydrogens (tertiary/aromatic N) is 4. The van der Waals surface area contributed by atoms with Crippen molar-refractivity contribution in [3.8, 4) is 0 Å². The van der Waals surface area contributed by atoms with E-state index in [-0.39, 0.29) is 24.4 Å². The summed E-state index contributed by atoms with van der Waals surface area (Å²) in [7, 11) is 1.32. The van der Waals surface area contributed by atoms with E-state index >= 15 is 0 Å². The van der Waals surface area contributed by atoms with Gasteiger partial charge in [-0.2, -0.15) is 0 Å². The fraction of sp³-hybridized carbons (Fsp3) is 0.300. The normalized spacial score (nSPS) is 14.0. The SMILES string of the molecule is COC(=O)c1ccc(CN(C(=O)N2CCOCC2)c2ccccc2)c(Cl)c1.NCC(=O)c1ccc(CN(C(=O)N2CCOCC2)c2ccccc2)c(Cl)c1. The summed E-state index contributed by atoms with van der Waals surface area (Å²) in [6.45, 7) is 4.87. The van der Waals surface area contributed by atoms with Gasteiger partial charge in [-0.3, -0.25) is 14.6 Å². The molecule has 0 spiro atoms. The Morgan fingerprint density at radius 1 is 0.648 bits per heavy atom. The molecule has 284 valence electrons. The van der Waals surface area contributed by atoms with E-state index in [1.165, 1.54) is 7.11 Å². The van der Waals surface area contributed by atoms with E-state index in [1.807, 2.05) is 60.7 Å². The number of hydrogen-bond donors (Lipinski definition) is 1. The van der Waals surface area contributed by atoms with E-state index in [4.69, 9.17) is 43.1 Å². The molecule has 4 amide bonds. The van der Waals surface area contributed by atoms with Crippen LogP contribution in [0.5, 0.6) is 0 Å². The number of ether oxygens (including phenoxy) is 3. The molecule has 54 heavy (non-hydrogen) atoms. The molecular formula is C40H43Cl2N5O7. The fourth-order valence-electron chi connectivity index (χ4n) is 5.83. The van der Waals surface area contributed by atoms with Crippen molar-refractivity contribution in [2.45, 2.75) is 13.1 Å². The first-order chi connectivity index (χ1) is 26.2. The molecule has 0 aliphatic carbocycles. The smallest absolute Gasteiger partial charge is 0.337 e. The van der Waals surface area contributed by atoms with E-state index in [2.05, 4.69) is 0 Å². The van der Waals surface area contributed by atoms with Crippen LogP contribution in [-0.2, 0) is 27.3 Å². The highest BCUT2D eigenvalue weighted by molar-refractivity contribution is 6.32. The predicted octanol–water partition coefficient (Wildman–Crippen LogP) is 6.53. The largest absolute Gasteiger partial charge is 0.465 e. The van der Waals surface area contributed by atoms with Gasteiger partial charge in [-0.05, 0) is 53.6 Å². The zero-order valence-electron chi connectivity index (χ0n) is 30.0. The van der Waals surface area contributed by atoms with Gasteiger partial charge in [-0.15, -0.1) is 0 Å². The van der Waals surface area contributed by atoms with Crippen LogP contribution in [0, 0.1) is 0 Å². The molecule has 2 saturated heterocycles. The van der Waals surface area contributed by atoms with E-state index in [0.717, 1.165) is 22.5 Å². The number of amides is 4. The number of anilines is 2. The average Bonchev–Trinajstić information content (AvgIpc) is 3.23. The Hall–Kier alpha value is -4.98. The Morgan fingerprint density at radius 3 is 1.44 bits per heavy atom. The number of Topliss-reactive ketones (excluding diaryl/α,β-unsaturated/α-hetero) is 1. The quantitative estimate of drug-likeness (QED) is 0.150. The van der Waals surface area contributed by atoms with Gasteiger partial charge in [0.25, 0.3) is 0 Å². The maximum atomic E-state index is 13.1. The van der Waals surface area contributed by atoms with Gasteiger partial charge in [0, 0.05) is 53.2 Å². The molecule has 0 unspecified atom stereocenters. The number of esters is 1. The zero-order chi connectivity index (χ0) is 38.5. The highest BCUT2D eigenvalue weighted by Crippen LogP contribution is 2.26. The molecule has 2 aliphatic rings. The molecule has 2 N–H and O–H groups in total. The number of methoxy groups -OCH3 is 1. The number of ketones is 1. The van der Waals surface area contributed by atoms with Gasteiger partial charge >= 0.3 is 18.0 Å². The zero-order valence-corrected chi connectivity index (χ0v) is 31.5. The number of carbonyl (C=O) groups is 4. The average molecular weight is 777 g/mol. The molecule has 4 aromatic rings. The van der Waals surface area contributed by atoms with Gasteiger partial charge < -0.3 is 29.7 Å². The second-order valence-corrected chi connectivity index (χ2v) is 13.2. The molecular weight excluding hydrogens is 733 g/mol. The van der Waals surface area contributed by atoms with Crippen LogP contribution in [0.1, 0.15) is 31.8 Å². The Morgan fingerprint density at radius 2 is 1.06 bits per heavy atom. The van der Waals surface area contributed by atoms with Crippen LogP contribution in [0.15, 0.2) is 97.1 Å². The van der Waals surface area contributed by atoms with Gasteiger partial charge in [-0.25, -0.2) is 14.4 Å². The van der Waals surface area contributed by atoms with Crippen LogP contribution < -0.4 is 15.5 Å². The van der Waals surface area contributed by atoms with Gasteiger partial charge in [0.15, 0.2) is 5.78 Å². The molecule has 0 bridgehead atoms. The number of rotatable bonds is 9. The summed E-state index contributed by atoms with van der Waals surface area (Å²) in [5.41, 5.74) is 9.32. The molecule has 0 aromatic heterocycles. The van der Waals surface area contributed by atoms with Crippen LogP contribution in [-0.4, -0.2) is 99.9 Å². The third-order valence-electron chi connectivity index (χ3n) is 8.85. The summed E-state index contributed by atoms with van der Waals surface area (Å²) < 4.78 is 15.4. The summed E-state index contributed by atoms with van der Waals surface area (Å²) >= 11 is 12.8. The molecule has 14 heteroatoms. The number of nitrogens with two attached hydrogens (primary N) is 1. The van der Waals surface area contributed by atoms with E-state index in [0.29, 0.717) is 86.9 Å². The fourth-order valence-corrected chi connectivity index (χ4v) is 6.31. The van der Waals surface area contributed by atoms with Gasteiger partial charge in [0.2, 0.25) is 0 Å². The lowest BCUT2D eigenvalue weighted by atomic mass is 10.1. The Bertz CT molecular complexity index is 1750. The number of urea groups is 2. The lowest BCUT2D eigenvalue weighted by Crippen LogP contribution is -2.48. The summed E-state index contributed by atoms with van der Waals surface area (Å²) in [6.07, 6.45) is 0. The molecule has 0 atom stereocenters. The lowest BCUT2D eigenvalue weighted by Gasteiger charge is -2.33. The molecule has 4 aromatic carbocycles. The first-order valence-electron chi connectivity index (χ1n) is 17.5. The van der Waals surface area contributed by atoms with Crippen molar-refractivity contribution in [3.05, 3.63) is 129 Å². The molecule has 2 aliphatic heterocycles. The monoisotopic (exact) mass is 775 g/mol. The minimum atomic E-state index is -0.451. The highest BCUT2D eigenvalue weighted by atomic mass is 35.5. The highest BCUT2D eigenvalue weighted by Gasteiger charge is 2.27. The maximum absolute atomic E-state index is 13.1. The summed E-state index contributed by atoms with van der Waals surface area (Å²) in [5.74, 6) is -0.625. The van der Waals surface area contributed by atoms with Crippen LogP contribution >= 0.6 is 23.2 Å².